The lowest BCUT2D eigenvalue weighted by Crippen LogP contribution is -1.91. The predicted molar refractivity (Wildman–Crippen MR) is 38.7 cm³/mol. The molecule has 0 saturated heterocycles. The molecule has 5 heteroatoms. The molecule has 0 spiro atoms. The van der Waals surface area contributed by atoms with Crippen LogP contribution in [0, 0.1) is 3.70 Å². The minimum Gasteiger partial charge on any atom is -0.241 e. The molecule has 1 aromatic rings. The first-order valence-electron chi connectivity index (χ1n) is 1.92. The molecule has 0 aliphatic rings. The third-order valence-electron chi connectivity index (χ3n) is 0.721. The van der Waals surface area contributed by atoms with Crippen molar-refractivity contribution < 1.29 is 0 Å². The molecule has 8 heavy (non-hydrogen) atoms. The van der Waals surface area contributed by atoms with Crippen LogP contribution in [0.1, 0.15) is 0 Å². The summed E-state index contributed by atoms with van der Waals surface area (Å²) in [6, 6.07) is 0. The lowest BCUT2D eigenvalue weighted by Gasteiger charge is -1.84. The molecule has 0 fully saturated rings. The molecular weight excluding hydrogens is 240 g/mol. The van der Waals surface area contributed by atoms with E-state index in [0.717, 1.165) is 3.70 Å². The van der Waals surface area contributed by atoms with E-state index in [9.17, 15) is 0 Å². The van der Waals surface area contributed by atoms with Crippen LogP contribution in [0.4, 0.5) is 0 Å². The number of aromatic nitrogens is 3. The van der Waals surface area contributed by atoms with E-state index < -0.39 is 0 Å². The van der Waals surface area contributed by atoms with Gasteiger partial charge in [0, 0.05) is 7.05 Å². The van der Waals surface area contributed by atoms with Crippen LogP contribution in [0.3, 0.4) is 0 Å². The molecule has 0 aliphatic carbocycles. The first-order valence-corrected chi connectivity index (χ1v) is 3.38. The van der Waals surface area contributed by atoms with Crippen LogP contribution in [-0.4, -0.2) is 15.0 Å². The quantitative estimate of drug-likeness (QED) is 0.638. The molecule has 1 rings (SSSR count). The molecule has 0 bridgehead atoms. The average Bonchev–Trinajstić information content (AvgIpc) is 1.98. The highest BCUT2D eigenvalue weighted by Crippen LogP contribution is 2.11. The molecule has 44 valence electrons. The van der Waals surface area contributed by atoms with Crippen LogP contribution in [0.5, 0.6) is 0 Å². The summed E-state index contributed by atoms with van der Waals surface area (Å²) in [7, 11) is 1.79. The van der Waals surface area contributed by atoms with Crippen LogP contribution in [0.25, 0.3) is 0 Å². The number of hydrogen-bond acceptors (Lipinski definition) is 2. The van der Waals surface area contributed by atoms with Gasteiger partial charge in [0.25, 0.3) is 0 Å². The fourth-order valence-electron chi connectivity index (χ4n) is 0.320. The molecule has 0 aliphatic heterocycles. The third kappa shape index (κ3) is 0.947. The van der Waals surface area contributed by atoms with E-state index in [1.54, 1.807) is 11.7 Å². The van der Waals surface area contributed by atoms with Crippen LogP contribution in [-0.2, 0) is 7.05 Å². The fraction of sp³-hybridized carbons (Fsp3) is 0.333. The lowest BCUT2D eigenvalue weighted by molar-refractivity contribution is 0.701. The highest BCUT2D eigenvalue weighted by Gasteiger charge is 2.00. The zero-order valence-corrected chi connectivity index (χ0v) is 7.01. The first-order chi connectivity index (χ1) is 3.72. The molecule has 0 aromatic carbocycles. The van der Waals surface area contributed by atoms with Crippen molar-refractivity contribution in [2.75, 3.05) is 0 Å². The predicted octanol–water partition coefficient (Wildman–Crippen LogP) is 1.07. The highest BCUT2D eigenvalue weighted by atomic mass is 127. The minimum absolute atomic E-state index is 0.466. The van der Waals surface area contributed by atoms with Crippen molar-refractivity contribution in [3.05, 3.63) is 8.85 Å². The van der Waals surface area contributed by atoms with E-state index in [0.29, 0.717) is 5.15 Å². The second-order valence-corrected chi connectivity index (χ2v) is 2.67. The van der Waals surface area contributed by atoms with Crippen molar-refractivity contribution in [2.45, 2.75) is 0 Å². The van der Waals surface area contributed by atoms with E-state index >= 15 is 0 Å². The van der Waals surface area contributed by atoms with E-state index in [-0.39, 0.29) is 0 Å². The maximum absolute atomic E-state index is 5.53. The first kappa shape index (κ1) is 6.28. The average molecular weight is 243 g/mol. The summed E-state index contributed by atoms with van der Waals surface area (Å²) in [6.45, 7) is 0. The van der Waals surface area contributed by atoms with Gasteiger partial charge in [-0.25, -0.2) is 4.68 Å². The van der Waals surface area contributed by atoms with E-state index in [1.807, 2.05) is 0 Å². The number of aryl methyl sites for hydroxylation is 1. The van der Waals surface area contributed by atoms with Gasteiger partial charge in [-0.3, -0.25) is 0 Å². The summed E-state index contributed by atoms with van der Waals surface area (Å²) in [5.41, 5.74) is 0. The topological polar surface area (TPSA) is 30.7 Å². The summed E-state index contributed by atoms with van der Waals surface area (Å²) >= 11 is 7.60. The largest absolute Gasteiger partial charge is 0.241 e. The van der Waals surface area contributed by atoms with Gasteiger partial charge < -0.3 is 0 Å². The van der Waals surface area contributed by atoms with Crippen molar-refractivity contribution >= 4 is 34.2 Å². The Labute approximate surface area is 65.2 Å². The van der Waals surface area contributed by atoms with Gasteiger partial charge in [0.05, 0.1) is 0 Å². The van der Waals surface area contributed by atoms with Gasteiger partial charge in [-0.05, 0) is 22.6 Å². The van der Waals surface area contributed by atoms with Crippen molar-refractivity contribution in [3.63, 3.8) is 0 Å². The molecule has 1 aromatic heterocycles. The van der Waals surface area contributed by atoms with Gasteiger partial charge in [-0.1, -0.05) is 16.8 Å². The Morgan fingerprint density at radius 3 is 2.50 bits per heavy atom. The molecule has 3 nitrogen and oxygen atoms in total. The van der Waals surface area contributed by atoms with Crippen molar-refractivity contribution in [3.8, 4) is 0 Å². The standard InChI is InChI=1S/C3H3ClIN3/c1-8-3(5)2(4)6-7-8/h1H3. The molecule has 0 atom stereocenters. The Morgan fingerprint density at radius 2 is 2.38 bits per heavy atom. The SMILES string of the molecule is Cn1nnc(Cl)c1I. The summed E-state index contributed by atoms with van der Waals surface area (Å²) in [6.07, 6.45) is 0. The summed E-state index contributed by atoms with van der Waals surface area (Å²) < 4.78 is 2.48. The second-order valence-electron chi connectivity index (χ2n) is 1.29. The van der Waals surface area contributed by atoms with E-state index in [4.69, 9.17) is 11.6 Å². The molecule has 1 heterocycles. The lowest BCUT2D eigenvalue weighted by atomic mass is 10.9. The van der Waals surface area contributed by atoms with Gasteiger partial charge in [0.1, 0.15) is 3.70 Å². The number of halogens is 2. The second kappa shape index (κ2) is 2.18. The Kier molecular flexibility index (Phi) is 1.71. The molecule has 0 saturated carbocycles. The van der Waals surface area contributed by atoms with E-state index in [1.165, 1.54) is 0 Å². The Balaban J connectivity index is 3.19. The van der Waals surface area contributed by atoms with Gasteiger partial charge >= 0.3 is 0 Å². The zero-order chi connectivity index (χ0) is 6.15. The number of nitrogens with zero attached hydrogens (tertiary/aromatic N) is 3. The smallest absolute Gasteiger partial charge is 0.184 e. The van der Waals surface area contributed by atoms with Crippen molar-refractivity contribution in [1.29, 1.82) is 0 Å². The Hall–Kier alpha value is 0.160. The third-order valence-corrected chi connectivity index (χ3v) is 2.50. The van der Waals surface area contributed by atoms with Crippen molar-refractivity contribution in [1.82, 2.24) is 15.0 Å². The van der Waals surface area contributed by atoms with Gasteiger partial charge in [-0.15, -0.1) is 5.10 Å². The van der Waals surface area contributed by atoms with Crippen LogP contribution < -0.4 is 0 Å². The summed E-state index contributed by atoms with van der Waals surface area (Å²) in [5, 5.41) is 7.70. The molecular formula is C3H3ClIN3. The normalized spacial score (nSPS) is 9.88. The monoisotopic (exact) mass is 243 g/mol. The minimum atomic E-state index is 0.466. The molecule has 0 radical (unpaired) electrons. The Morgan fingerprint density at radius 1 is 1.75 bits per heavy atom. The maximum atomic E-state index is 5.53. The van der Waals surface area contributed by atoms with Gasteiger partial charge in [-0.2, -0.15) is 0 Å². The Bertz CT molecular complexity index is 177. The van der Waals surface area contributed by atoms with Gasteiger partial charge in [0.2, 0.25) is 0 Å². The highest BCUT2D eigenvalue weighted by molar-refractivity contribution is 14.1. The molecule has 0 N–H and O–H groups in total. The number of hydrogen-bond donors (Lipinski definition) is 0. The zero-order valence-electron chi connectivity index (χ0n) is 4.10. The van der Waals surface area contributed by atoms with Crippen LogP contribution in [0.15, 0.2) is 0 Å². The fourth-order valence-corrected chi connectivity index (χ4v) is 0.681. The summed E-state index contributed by atoms with van der Waals surface area (Å²) in [5.74, 6) is 0. The van der Waals surface area contributed by atoms with E-state index in [2.05, 4.69) is 32.9 Å². The van der Waals surface area contributed by atoms with Crippen molar-refractivity contribution in [2.24, 2.45) is 7.05 Å². The molecule has 0 amide bonds. The van der Waals surface area contributed by atoms with Crippen LogP contribution in [0.2, 0.25) is 5.15 Å². The number of rotatable bonds is 0. The van der Waals surface area contributed by atoms with Crippen LogP contribution >= 0.6 is 34.2 Å². The molecule has 0 unspecified atom stereocenters. The van der Waals surface area contributed by atoms with Gasteiger partial charge in [0.15, 0.2) is 5.15 Å². The maximum Gasteiger partial charge on any atom is 0.184 e. The summed E-state index contributed by atoms with van der Waals surface area (Å²) in [4.78, 5) is 0.